The minimum Gasteiger partial charge on any atom is -0.361 e. The number of aromatic nitrogens is 3. The molecule has 0 atom stereocenters. The van der Waals surface area contributed by atoms with E-state index in [9.17, 15) is 0 Å². The van der Waals surface area contributed by atoms with Gasteiger partial charge in [0.15, 0.2) is 0 Å². The van der Waals surface area contributed by atoms with Crippen molar-refractivity contribution in [3.63, 3.8) is 0 Å². The molecule has 21 heavy (non-hydrogen) atoms. The van der Waals surface area contributed by atoms with Crippen LogP contribution >= 0.6 is 0 Å². The number of nitrogens with zero attached hydrogens (tertiary/aromatic N) is 3. The predicted molar refractivity (Wildman–Crippen MR) is 84.6 cm³/mol. The Kier molecular flexibility index (Phi) is 2.86. The highest BCUT2D eigenvalue weighted by molar-refractivity contribution is 5.84. The molecule has 1 saturated heterocycles. The van der Waals surface area contributed by atoms with E-state index in [1.54, 1.807) is 0 Å². The van der Waals surface area contributed by atoms with E-state index in [4.69, 9.17) is 0 Å². The summed E-state index contributed by atoms with van der Waals surface area (Å²) in [5.74, 6) is 1.74. The number of fused-ring (bicyclic) bond motifs is 1. The van der Waals surface area contributed by atoms with Crippen LogP contribution in [-0.2, 0) is 6.54 Å². The molecule has 108 valence electrons. The smallest absolute Gasteiger partial charge is 0.105 e. The summed E-state index contributed by atoms with van der Waals surface area (Å²) in [5, 5.41) is 1.38. The number of aromatic amines is 1. The highest BCUT2D eigenvalue weighted by Crippen LogP contribution is 2.32. The van der Waals surface area contributed by atoms with E-state index in [1.165, 1.54) is 22.0 Å². The van der Waals surface area contributed by atoms with Crippen LogP contribution in [0.2, 0.25) is 0 Å². The van der Waals surface area contributed by atoms with Gasteiger partial charge in [0.25, 0.3) is 0 Å². The van der Waals surface area contributed by atoms with Gasteiger partial charge in [-0.2, -0.15) is 0 Å². The summed E-state index contributed by atoms with van der Waals surface area (Å²) < 4.78 is 2.19. The predicted octanol–water partition coefficient (Wildman–Crippen LogP) is 2.75. The molecule has 4 nitrogen and oxygen atoms in total. The second-order valence-electron chi connectivity index (χ2n) is 6.14. The number of likely N-dealkylation sites (tertiary alicyclic amines) is 1. The van der Waals surface area contributed by atoms with Crippen molar-refractivity contribution in [1.29, 1.82) is 0 Å². The van der Waals surface area contributed by atoms with Gasteiger partial charge in [-0.3, -0.25) is 0 Å². The fourth-order valence-electron chi connectivity index (χ4n) is 3.29. The van der Waals surface area contributed by atoms with Gasteiger partial charge in [0, 0.05) is 55.0 Å². The molecule has 1 aliphatic heterocycles. The van der Waals surface area contributed by atoms with Crippen molar-refractivity contribution in [3.8, 4) is 0 Å². The zero-order valence-electron chi connectivity index (χ0n) is 12.5. The maximum absolute atomic E-state index is 4.29. The van der Waals surface area contributed by atoms with E-state index in [-0.39, 0.29) is 0 Å². The third kappa shape index (κ3) is 2.16. The van der Waals surface area contributed by atoms with Crippen molar-refractivity contribution in [2.45, 2.75) is 19.4 Å². The second-order valence-corrected chi connectivity index (χ2v) is 6.14. The number of imidazole rings is 1. The Balaban J connectivity index is 1.68. The van der Waals surface area contributed by atoms with Crippen molar-refractivity contribution < 1.29 is 0 Å². The van der Waals surface area contributed by atoms with E-state index >= 15 is 0 Å². The number of H-pyrrole nitrogens is 1. The van der Waals surface area contributed by atoms with E-state index in [0.29, 0.717) is 5.92 Å². The monoisotopic (exact) mass is 280 g/mol. The molecule has 0 bridgehead atoms. The molecule has 3 heterocycles. The van der Waals surface area contributed by atoms with Crippen LogP contribution in [0.1, 0.15) is 22.9 Å². The van der Waals surface area contributed by atoms with Gasteiger partial charge < -0.3 is 14.5 Å². The van der Waals surface area contributed by atoms with Crippen LogP contribution in [0.5, 0.6) is 0 Å². The van der Waals surface area contributed by atoms with E-state index < -0.39 is 0 Å². The van der Waals surface area contributed by atoms with Gasteiger partial charge in [-0.15, -0.1) is 0 Å². The van der Waals surface area contributed by atoms with Crippen LogP contribution in [0.4, 0.5) is 0 Å². The summed E-state index contributed by atoms with van der Waals surface area (Å²) in [7, 11) is 2.18. The number of hydrogen-bond acceptors (Lipinski definition) is 2. The summed E-state index contributed by atoms with van der Waals surface area (Å²) >= 11 is 0. The van der Waals surface area contributed by atoms with E-state index in [0.717, 1.165) is 25.5 Å². The lowest BCUT2D eigenvalue weighted by Gasteiger charge is -2.36. The quantitative estimate of drug-likeness (QED) is 0.801. The fraction of sp³-hybridized carbons (Fsp3) is 0.353. The van der Waals surface area contributed by atoms with Crippen LogP contribution in [0.3, 0.4) is 0 Å². The van der Waals surface area contributed by atoms with Gasteiger partial charge in [-0.25, -0.2) is 4.98 Å². The lowest BCUT2D eigenvalue weighted by molar-refractivity contribution is 0.190. The fourth-order valence-corrected chi connectivity index (χ4v) is 3.29. The number of hydrogen-bond donors (Lipinski definition) is 1. The Morgan fingerprint density at radius 1 is 1.33 bits per heavy atom. The Morgan fingerprint density at radius 3 is 2.90 bits per heavy atom. The molecule has 0 aliphatic carbocycles. The molecule has 1 aliphatic rings. The van der Waals surface area contributed by atoms with Gasteiger partial charge in [0.1, 0.15) is 5.82 Å². The van der Waals surface area contributed by atoms with E-state index in [1.807, 2.05) is 19.3 Å². The van der Waals surface area contributed by atoms with Crippen molar-refractivity contribution in [2.75, 3.05) is 20.1 Å². The Hall–Kier alpha value is -2.07. The number of benzene rings is 1. The molecule has 1 N–H and O–H groups in total. The number of likely N-dealkylation sites (N-methyl/N-ethyl adjacent to an activating group) is 1. The Morgan fingerprint density at radius 2 is 2.19 bits per heavy atom. The normalized spacial score (nSPS) is 16.5. The molecule has 4 heteroatoms. The molecule has 0 unspecified atom stereocenters. The molecule has 0 amide bonds. The SMILES string of the molecule is Cc1nccn1Cc1ccc2[nH]cc(C3CN(C)C3)c2c1. The topological polar surface area (TPSA) is 36.9 Å². The summed E-state index contributed by atoms with van der Waals surface area (Å²) in [5.41, 5.74) is 4.04. The van der Waals surface area contributed by atoms with Gasteiger partial charge in [0.05, 0.1) is 0 Å². The zero-order chi connectivity index (χ0) is 14.4. The molecular formula is C17H20N4. The standard InChI is InChI=1S/C17H20N4/c1-12-18-5-6-21(12)9-13-3-4-17-15(7-13)16(8-19-17)14-10-20(2)11-14/h3-8,14,19H,9-11H2,1-2H3. The summed E-state index contributed by atoms with van der Waals surface area (Å²) in [6, 6.07) is 6.73. The van der Waals surface area contributed by atoms with Crippen molar-refractivity contribution in [2.24, 2.45) is 0 Å². The molecule has 3 aromatic rings. The zero-order valence-corrected chi connectivity index (χ0v) is 12.5. The third-order valence-electron chi connectivity index (χ3n) is 4.56. The maximum atomic E-state index is 4.29. The summed E-state index contributed by atoms with van der Waals surface area (Å²) in [6.45, 7) is 5.26. The van der Waals surface area contributed by atoms with Crippen LogP contribution in [0, 0.1) is 6.92 Å². The minimum atomic E-state index is 0.675. The van der Waals surface area contributed by atoms with Gasteiger partial charge >= 0.3 is 0 Å². The van der Waals surface area contributed by atoms with Crippen molar-refractivity contribution in [3.05, 3.63) is 53.7 Å². The largest absolute Gasteiger partial charge is 0.361 e. The second kappa shape index (κ2) is 4.74. The van der Waals surface area contributed by atoms with Crippen LogP contribution in [-0.4, -0.2) is 39.6 Å². The minimum absolute atomic E-state index is 0.675. The average molecular weight is 280 g/mol. The van der Waals surface area contributed by atoms with Crippen molar-refractivity contribution in [1.82, 2.24) is 19.4 Å². The highest BCUT2D eigenvalue weighted by atomic mass is 15.2. The number of aryl methyl sites for hydroxylation is 1. The molecule has 1 aromatic carbocycles. The summed E-state index contributed by atoms with van der Waals surface area (Å²) in [4.78, 5) is 10.1. The highest BCUT2D eigenvalue weighted by Gasteiger charge is 2.26. The molecule has 2 aromatic heterocycles. The molecule has 0 spiro atoms. The third-order valence-corrected chi connectivity index (χ3v) is 4.56. The first-order chi connectivity index (χ1) is 10.2. The van der Waals surface area contributed by atoms with Gasteiger partial charge in [-0.05, 0) is 37.2 Å². The molecule has 4 rings (SSSR count). The van der Waals surface area contributed by atoms with Crippen LogP contribution in [0.15, 0.2) is 36.8 Å². The first kappa shape index (κ1) is 12.7. The van der Waals surface area contributed by atoms with Crippen LogP contribution in [0.25, 0.3) is 10.9 Å². The van der Waals surface area contributed by atoms with Crippen molar-refractivity contribution >= 4 is 10.9 Å². The Labute approximate surface area is 124 Å². The number of nitrogens with one attached hydrogen (secondary N) is 1. The van der Waals surface area contributed by atoms with Crippen LogP contribution < -0.4 is 0 Å². The van der Waals surface area contributed by atoms with Gasteiger partial charge in [0.2, 0.25) is 0 Å². The first-order valence-electron chi connectivity index (χ1n) is 7.47. The first-order valence-corrected chi connectivity index (χ1v) is 7.47. The molecule has 0 saturated carbocycles. The Bertz CT molecular complexity index is 777. The average Bonchev–Trinajstić information content (AvgIpc) is 3.02. The van der Waals surface area contributed by atoms with Gasteiger partial charge in [-0.1, -0.05) is 6.07 Å². The maximum Gasteiger partial charge on any atom is 0.105 e. The summed E-state index contributed by atoms with van der Waals surface area (Å²) in [6.07, 6.45) is 6.09. The lowest BCUT2D eigenvalue weighted by Crippen LogP contribution is -2.41. The molecular weight excluding hydrogens is 260 g/mol. The molecule has 0 radical (unpaired) electrons. The number of rotatable bonds is 3. The van der Waals surface area contributed by atoms with E-state index in [2.05, 4.69) is 50.9 Å². The lowest BCUT2D eigenvalue weighted by atomic mass is 9.91. The molecule has 1 fully saturated rings.